The topological polar surface area (TPSA) is 86.6 Å². The molecule has 6 nitrogen and oxygen atoms in total. The number of carbonyl (C=O) groups excluding carboxylic acids is 2. The van der Waals surface area contributed by atoms with Crippen LogP contribution in [0, 0.1) is 0 Å². The molecular weight excluding hydrogens is 140 g/mol. The third-order valence-electron chi connectivity index (χ3n) is 1.02. The van der Waals surface area contributed by atoms with E-state index >= 15 is 0 Å². The van der Waals surface area contributed by atoms with Gasteiger partial charge in [0, 0.05) is 6.20 Å². The van der Waals surface area contributed by atoms with Crippen molar-refractivity contribution in [3.63, 3.8) is 0 Å². The van der Waals surface area contributed by atoms with E-state index < -0.39 is 16.7 Å². The van der Waals surface area contributed by atoms with E-state index in [9.17, 15) is 9.59 Å². The zero-order chi connectivity index (χ0) is 7.78. The second-order valence-corrected chi connectivity index (χ2v) is 1.72. The van der Waals surface area contributed by atoms with Crippen molar-refractivity contribution in [3.05, 3.63) is 12.3 Å². The molecular formula is C4H5N2O4+. The summed E-state index contributed by atoms with van der Waals surface area (Å²) in [4.78, 5) is 18.6. The molecule has 0 saturated carbocycles. The maximum absolute atomic E-state index is 10.5. The van der Waals surface area contributed by atoms with Crippen LogP contribution in [0.1, 0.15) is 0 Å². The number of hydrogen-bond donors (Lipinski definition) is 3. The molecule has 0 aromatic rings. The lowest BCUT2D eigenvalue weighted by molar-refractivity contribution is -1.13. The van der Waals surface area contributed by atoms with E-state index in [1.54, 1.807) is 0 Å². The first-order valence-electron chi connectivity index (χ1n) is 2.42. The average molecular weight is 145 g/mol. The van der Waals surface area contributed by atoms with Crippen molar-refractivity contribution in [2.24, 2.45) is 0 Å². The highest BCUT2D eigenvalue weighted by Crippen LogP contribution is 2.02. The van der Waals surface area contributed by atoms with Gasteiger partial charge >= 0.3 is 11.9 Å². The van der Waals surface area contributed by atoms with Gasteiger partial charge in [0.2, 0.25) is 0 Å². The molecule has 0 spiro atoms. The van der Waals surface area contributed by atoms with Crippen LogP contribution in [0.15, 0.2) is 12.3 Å². The van der Waals surface area contributed by atoms with E-state index in [0.29, 0.717) is 0 Å². The number of carbonyl (C=O) groups is 2. The average Bonchev–Trinajstić information content (AvgIpc) is 1.84. The molecule has 3 N–H and O–H groups in total. The molecule has 0 aromatic heterocycles. The van der Waals surface area contributed by atoms with Gasteiger partial charge in [0.1, 0.15) is 4.81 Å². The first-order valence-corrected chi connectivity index (χ1v) is 2.42. The Morgan fingerprint density at radius 3 is 2.40 bits per heavy atom. The smallest absolute Gasteiger partial charge is 0.276 e. The van der Waals surface area contributed by atoms with Crippen molar-refractivity contribution in [1.29, 1.82) is 0 Å². The SMILES string of the molecule is O=C1C=CNC(=O)[N+]1(O)O. The van der Waals surface area contributed by atoms with Crippen LogP contribution in [0.25, 0.3) is 0 Å². The molecule has 0 aromatic carbocycles. The normalized spacial score (nSPS) is 22.6. The molecule has 0 atom stereocenters. The summed E-state index contributed by atoms with van der Waals surface area (Å²) in [6.45, 7) is 0. The van der Waals surface area contributed by atoms with Crippen LogP contribution in [-0.4, -0.2) is 27.2 Å². The van der Waals surface area contributed by atoms with Crippen molar-refractivity contribution < 1.29 is 24.8 Å². The second kappa shape index (κ2) is 1.87. The lowest BCUT2D eigenvalue weighted by Gasteiger charge is -2.15. The highest BCUT2D eigenvalue weighted by atomic mass is 16.9. The molecule has 0 bridgehead atoms. The van der Waals surface area contributed by atoms with Crippen LogP contribution in [0.4, 0.5) is 4.79 Å². The lowest BCUT2D eigenvalue weighted by Crippen LogP contribution is -2.57. The summed E-state index contributed by atoms with van der Waals surface area (Å²) in [5, 5.41) is 19.1. The van der Waals surface area contributed by atoms with Gasteiger partial charge in [0.15, 0.2) is 0 Å². The molecule has 1 aliphatic rings. The molecule has 0 unspecified atom stereocenters. The highest BCUT2D eigenvalue weighted by molar-refractivity contribution is 5.91. The van der Waals surface area contributed by atoms with Crippen LogP contribution < -0.4 is 5.32 Å². The summed E-state index contributed by atoms with van der Waals surface area (Å²) in [7, 11) is 0. The highest BCUT2D eigenvalue weighted by Gasteiger charge is 2.44. The van der Waals surface area contributed by atoms with E-state index in [-0.39, 0.29) is 0 Å². The standard InChI is InChI=1S/C4H4N2O4/c7-3-1-2-5-4(8)6(3,9)10/h1-2,9-10H/p+1. The Morgan fingerprint density at radius 2 is 2.00 bits per heavy atom. The van der Waals surface area contributed by atoms with Crippen molar-refractivity contribution >= 4 is 11.9 Å². The van der Waals surface area contributed by atoms with Gasteiger partial charge < -0.3 is 0 Å². The molecule has 1 rings (SSSR count). The van der Waals surface area contributed by atoms with Gasteiger partial charge in [-0.3, -0.25) is 5.32 Å². The number of nitrogens with zero attached hydrogens (tertiary/aromatic N) is 1. The Kier molecular flexibility index (Phi) is 1.29. The number of amides is 3. The van der Waals surface area contributed by atoms with Crippen LogP contribution >= 0.6 is 0 Å². The maximum Gasteiger partial charge on any atom is 0.495 e. The van der Waals surface area contributed by atoms with Crippen LogP contribution in [0.2, 0.25) is 0 Å². The zero-order valence-electron chi connectivity index (χ0n) is 4.81. The summed E-state index contributed by atoms with van der Waals surface area (Å²) < 4.78 is 0. The first-order chi connectivity index (χ1) is 4.55. The quantitative estimate of drug-likeness (QED) is 0.312. The first kappa shape index (κ1) is 6.87. The molecule has 10 heavy (non-hydrogen) atoms. The van der Waals surface area contributed by atoms with Crippen LogP contribution in [0.3, 0.4) is 0 Å². The number of imide groups is 1. The van der Waals surface area contributed by atoms with Crippen molar-refractivity contribution in [2.45, 2.75) is 0 Å². The summed E-state index contributed by atoms with van der Waals surface area (Å²) in [6, 6.07) is -1.19. The van der Waals surface area contributed by atoms with Crippen molar-refractivity contribution in [3.8, 4) is 0 Å². The van der Waals surface area contributed by atoms with E-state index in [4.69, 9.17) is 10.4 Å². The van der Waals surface area contributed by atoms with Crippen molar-refractivity contribution in [2.75, 3.05) is 0 Å². The molecule has 54 valence electrons. The third kappa shape index (κ3) is 0.798. The molecule has 6 heteroatoms. The van der Waals surface area contributed by atoms with Crippen molar-refractivity contribution in [1.82, 2.24) is 5.32 Å². The van der Waals surface area contributed by atoms with E-state index in [1.165, 1.54) is 0 Å². The van der Waals surface area contributed by atoms with Gasteiger partial charge in [-0.15, -0.1) is 0 Å². The predicted octanol–water partition coefficient (Wildman–Crippen LogP) is -0.655. The number of quaternary nitrogens is 1. The van der Waals surface area contributed by atoms with Crippen LogP contribution in [-0.2, 0) is 4.79 Å². The molecule has 1 heterocycles. The summed E-state index contributed by atoms with van der Waals surface area (Å²) >= 11 is 0. The number of hydrogen-bond acceptors (Lipinski definition) is 4. The Balaban J connectivity index is 3.00. The summed E-state index contributed by atoms with van der Waals surface area (Å²) in [5.41, 5.74) is 0. The third-order valence-corrected chi connectivity index (χ3v) is 1.02. The zero-order valence-corrected chi connectivity index (χ0v) is 4.81. The molecule has 0 saturated heterocycles. The van der Waals surface area contributed by atoms with Gasteiger partial charge in [0.25, 0.3) is 0 Å². The minimum atomic E-state index is -2.25. The molecule has 0 radical (unpaired) electrons. The molecule has 0 fully saturated rings. The summed E-state index contributed by atoms with van der Waals surface area (Å²) in [6.07, 6.45) is 1.88. The Bertz CT molecular complexity index is 219. The molecule has 0 aliphatic carbocycles. The van der Waals surface area contributed by atoms with E-state index in [1.807, 2.05) is 5.32 Å². The summed E-state index contributed by atoms with van der Waals surface area (Å²) in [5.74, 6) is -1.09. The monoisotopic (exact) mass is 145 g/mol. The largest absolute Gasteiger partial charge is 0.495 e. The Labute approximate surface area is 55.5 Å². The number of hydroxylamine groups is 4. The Morgan fingerprint density at radius 1 is 1.40 bits per heavy atom. The number of urea groups is 1. The van der Waals surface area contributed by atoms with Gasteiger partial charge in [-0.2, -0.15) is 15.2 Å². The molecule has 3 amide bonds. The van der Waals surface area contributed by atoms with Gasteiger partial charge in [-0.25, -0.2) is 4.79 Å². The van der Waals surface area contributed by atoms with Gasteiger partial charge in [-0.1, -0.05) is 0 Å². The minimum absolute atomic E-state index is 0.849. The second-order valence-electron chi connectivity index (χ2n) is 1.72. The number of rotatable bonds is 0. The fourth-order valence-electron chi connectivity index (χ4n) is 0.478. The van der Waals surface area contributed by atoms with Gasteiger partial charge in [0.05, 0.1) is 6.08 Å². The predicted molar refractivity (Wildman–Crippen MR) is 26.5 cm³/mol. The Hall–Kier alpha value is -1.24. The fraction of sp³-hybridized carbons (Fsp3) is 0. The van der Waals surface area contributed by atoms with Crippen LogP contribution in [0.5, 0.6) is 0 Å². The van der Waals surface area contributed by atoms with E-state index in [2.05, 4.69) is 0 Å². The lowest BCUT2D eigenvalue weighted by atomic mass is 10.5. The molecule has 1 aliphatic heterocycles. The van der Waals surface area contributed by atoms with E-state index in [0.717, 1.165) is 12.3 Å². The fourth-order valence-corrected chi connectivity index (χ4v) is 0.478. The van der Waals surface area contributed by atoms with Gasteiger partial charge in [-0.05, 0) is 0 Å². The maximum atomic E-state index is 10.5. The minimum Gasteiger partial charge on any atom is -0.276 e. The number of nitrogens with one attached hydrogen (secondary N) is 1.